The Morgan fingerprint density at radius 1 is 1.19 bits per heavy atom. The van der Waals surface area contributed by atoms with Crippen molar-refractivity contribution in [2.45, 2.75) is 37.8 Å². The Bertz CT molecular complexity index is 753. The molecule has 1 spiro atoms. The summed E-state index contributed by atoms with van der Waals surface area (Å²) in [4.78, 5) is 25.5. The monoisotopic (exact) mass is 367 g/mol. The van der Waals surface area contributed by atoms with E-state index in [1.54, 1.807) is 11.0 Å². The van der Waals surface area contributed by atoms with Gasteiger partial charge in [-0.2, -0.15) is 13.2 Å². The molecule has 0 radical (unpaired) electrons. The number of aliphatic carboxylic acids is 1. The maximum atomic E-state index is 12.8. The Morgan fingerprint density at radius 3 is 2.46 bits per heavy atom. The molecule has 1 N–H and O–H groups in total. The number of amides is 1. The molecule has 26 heavy (non-hydrogen) atoms. The molecular weight excluding hydrogens is 347 g/mol. The van der Waals surface area contributed by atoms with E-state index in [0.29, 0.717) is 44.3 Å². The van der Waals surface area contributed by atoms with Crippen LogP contribution in [0, 0.1) is 17.3 Å². The highest BCUT2D eigenvalue weighted by atomic mass is 19.4. The molecule has 0 aromatic heterocycles. The normalized spacial score (nSPS) is 29.5. The summed E-state index contributed by atoms with van der Waals surface area (Å²) >= 11 is 0. The molecule has 1 heterocycles. The zero-order valence-corrected chi connectivity index (χ0v) is 14.1. The second-order valence-corrected chi connectivity index (χ2v) is 7.85. The average molecular weight is 367 g/mol. The number of hydrogen-bond donors (Lipinski definition) is 1. The van der Waals surface area contributed by atoms with E-state index in [1.165, 1.54) is 6.07 Å². The van der Waals surface area contributed by atoms with Crippen LogP contribution < -0.4 is 0 Å². The Balaban J connectivity index is 1.36. The largest absolute Gasteiger partial charge is 0.481 e. The van der Waals surface area contributed by atoms with Gasteiger partial charge in [0.05, 0.1) is 11.5 Å². The maximum absolute atomic E-state index is 12.8. The van der Waals surface area contributed by atoms with Crippen LogP contribution in [-0.2, 0) is 15.8 Å². The van der Waals surface area contributed by atoms with Crippen molar-refractivity contribution < 1.29 is 27.9 Å². The molecule has 1 aromatic carbocycles. The number of benzene rings is 1. The molecule has 3 atom stereocenters. The summed E-state index contributed by atoms with van der Waals surface area (Å²) in [6.45, 7) is 1.10. The standard InChI is InChI=1S/C19H20F3NO3/c20-19(21,22)12-3-1-2-11(8-12)13-9-14(13)16(24)23-6-4-18(5-7-23)10-15(18)17(25)26/h1-3,8,13-15H,4-7,9-10H2,(H,25,26). The van der Waals surface area contributed by atoms with E-state index >= 15 is 0 Å². The molecule has 2 aliphatic carbocycles. The smallest absolute Gasteiger partial charge is 0.416 e. The Hall–Kier alpha value is -2.05. The molecule has 1 saturated heterocycles. The molecule has 0 bridgehead atoms. The predicted molar refractivity (Wildman–Crippen MR) is 86.3 cm³/mol. The number of carbonyl (C=O) groups excluding carboxylic acids is 1. The van der Waals surface area contributed by atoms with Crippen LogP contribution in [0.4, 0.5) is 13.2 Å². The van der Waals surface area contributed by atoms with Gasteiger partial charge in [0, 0.05) is 19.0 Å². The number of halogens is 3. The van der Waals surface area contributed by atoms with Crippen LogP contribution in [-0.4, -0.2) is 35.0 Å². The van der Waals surface area contributed by atoms with Gasteiger partial charge in [0.2, 0.25) is 5.91 Å². The topological polar surface area (TPSA) is 57.6 Å². The first-order valence-electron chi connectivity index (χ1n) is 8.90. The number of hydrogen-bond acceptors (Lipinski definition) is 2. The molecule has 2 saturated carbocycles. The van der Waals surface area contributed by atoms with Gasteiger partial charge in [0.1, 0.15) is 0 Å². The summed E-state index contributed by atoms with van der Waals surface area (Å²) in [5, 5.41) is 9.12. The van der Waals surface area contributed by atoms with Crippen LogP contribution in [0.25, 0.3) is 0 Å². The van der Waals surface area contributed by atoms with E-state index in [1.807, 2.05) is 0 Å². The highest BCUT2D eigenvalue weighted by molar-refractivity contribution is 5.83. The summed E-state index contributed by atoms with van der Waals surface area (Å²) in [5.41, 5.74) is -0.242. The fourth-order valence-electron chi connectivity index (χ4n) is 4.44. The first kappa shape index (κ1) is 17.4. The van der Waals surface area contributed by atoms with E-state index in [2.05, 4.69) is 0 Å². The molecule has 7 heteroatoms. The van der Waals surface area contributed by atoms with Crippen LogP contribution >= 0.6 is 0 Å². The summed E-state index contributed by atoms with van der Waals surface area (Å²) in [6.07, 6.45) is -1.69. The number of rotatable bonds is 3. The number of carboxylic acids is 1. The van der Waals surface area contributed by atoms with Gasteiger partial charge in [-0.1, -0.05) is 18.2 Å². The lowest BCUT2D eigenvalue weighted by molar-refractivity contribution is -0.140. The quantitative estimate of drug-likeness (QED) is 0.889. The first-order chi connectivity index (χ1) is 12.2. The highest BCUT2D eigenvalue weighted by Gasteiger charge is 2.59. The lowest BCUT2D eigenvalue weighted by Crippen LogP contribution is -2.41. The molecular formula is C19H20F3NO3. The second-order valence-electron chi connectivity index (χ2n) is 7.85. The third-order valence-corrected chi connectivity index (χ3v) is 6.31. The SMILES string of the molecule is O=C(O)C1CC12CCN(C(=O)C1CC1c1cccc(C(F)(F)F)c1)CC2. The van der Waals surface area contributed by atoms with Gasteiger partial charge < -0.3 is 10.0 Å². The molecule has 4 rings (SSSR count). The third kappa shape index (κ3) is 2.97. The molecule has 3 unspecified atom stereocenters. The van der Waals surface area contributed by atoms with Gasteiger partial charge in [-0.15, -0.1) is 0 Å². The van der Waals surface area contributed by atoms with Crippen LogP contribution in [0.15, 0.2) is 24.3 Å². The molecule has 3 fully saturated rings. The van der Waals surface area contributed by atoms with E-state index in [0.717, 1.165) is 12.1 Å². The molecule has 1 amide bonds. The number of carbonyl (C=O) groups is 2. The fourth-order valence-corrected chi connectivity index (χ4v) is 4.44. The second kappa shape index (κ2) is 5.72. The number of nitrogens with zero attached hydrogens (tertiary/aromatic N) is 1. The highest BCUT2D eigenvalue weighted by Crippen LogP contribution is 2.60. The zero-order chi connectivity index (χ0) is 18.7. The van der Waals surface area contributed by atoms with Crippen molar-refractivity contribution in [2.24, 2.45) is 17.3 Å². The van der Waals surface area contributed by atoms with Crippen LogP contribution in [0.5, 0.6) is 0 Å². The molecule has 140 valence electrons. The van der Waals surface area contributed by atoms with E-state index in [4.69, 9.17) is 5.11 Å². The van der Waals surface area contributed by atoms with Gasteiger partial charge in [0.25, 0.3) is 0 Å². The molecule has 1 aromatic rings. The number of likely N-dealkylation sites (tertiary alicyclic amines) is 1. The third-order valence-electron chi connectivity index (χ3n) is 6.31. The van der Waals surface area contributed by atoms with E-state index in [-0.39, 0.29) is 29.1 Å². The van der Waals surface area contributed by atoms with Crippen molar-refractivity contribution in [3.63, 3.8) is 0 Å². The summed E-state index contributed by atoms with van der Waals surface area (Å²) in [6, 6.07) is 5.23. The lowest BCUT2D eigenvalue weighted by atomic mass is 9.90. The Kier molecular flexibility index (Phi) is 3.82. The van der Waals surface area contributed by atoms with Crippen molar-refractivity contribution in [2.75, 3.05) is 13.1 Å². The minimum Gasteiger partial charge on any atom is -0.481 e. The van der Waals surface area contributed by atoms with Gasteiger partial charge >= 0.3 is 12.1 Å². The van der Waals surface area contributed by atoms with Gasteiger partial charge in [-0.05, 0) is 48.6 Å². The Labute approximate surface area is 149 Å². The number of alkyl halides is 3. The summed E-state index contributed by atoms with van der Waals surface area (Å²) < 4.78 is 38.5. The predicted octanol–water partition coefficient (Wildman–Crippen LogP) is 3.52. The van der Waals surface area contributed by atoms with Crippen molar-refractivity contribution in [1.82, 2.24) is 4.90 Å². The van der Waals surface area contributed by atoms with Gasteiger partial charge in [0.15, 0.2) is 0 Å². The van der Waals surface area contributed by atoms with Crippen molar-refractivity contribution in [3.8, 4) is 0 Å². The molecule has 1 aliphatic heterocycles. The molecule has 3 aliphatic rings. The minimum atomic E-state index is -4.38. The Morgan fingerprint density at radius 2 is 1.88 bits per heavy atom. The first-order valence-corrected chi connectivity index (χ1v) is 8.90. The maximum Gasteiger partial charge on any atom is 0.416 e. The number of piperidine rings is 1. The van der Waals surface area contributed by atoms with E-state index in [9.17, 15) is 22.8 Å². The van der Waals surface area contributed by atoms with Crippen LogP contribution in [0.3, 0.4) is 0 Å². The minimum absolute atomic E-state index is 0.00483. The zero-order valence-electron chi connectivity index (χ0n) is 14.1. The van der Waals surface area contributed by atoms with Crippen molar-refractivity contribution in [3.05, 3.63) is 35.4 Å². The van der Waals surface area contributed by atoms with Crippen LogP contribution in [0.1, 0.15) is 42.7 Å². The number of carboxylic acid groups (broad SMARTS) is 1. The van der Waals surface area contributed by atoms with Gasteiger partial charge in [-0.3, -0.25) is 9.59 Å². The summed E-state index contributed by atoms with van der Waals surface area (Å²) in [5.74, 6) is -1.43. The fraction of sp³-hybridized carbons (Fsp3) is 0.579. The van der Waals surface area contributed by atoms with Crippen molar-refractivity contribution >= 4 is 11.9 Å². The van der Waals surface area contributed by atoms with Gasteiger partial charge in [-0.25, -0.2) is 0 Å². The average Bonchev–Trinajstić information content (AvgIpc) is 3.49. The van der Waals surface area contributed by atoms with Crippen molar-refractivity contribution in [1.29, 1.82) is 0 Å². The van der Waals surface area contributed by atoms with E-state index < -0.39 is 17.7 Å². The summed E-state index contributed by atoms with van der Waals surface area (Å²) in [7, 11) is 0. The lowest BCUT2D eigenvalue weighted by Gasteiger charge is -2.33. The molecule has 4 nitrogen and oxygen atoms in total. The van der Waals surface area contributed by atoms with Crippen LogP contribution in [0.2, 0.25) is 0 Å².